The van der Waals surface area contributed by atoms with Crippen molar-refractivity contribution in [3.63, 3.8) is 0 Å². The number of urea groups is 1. The Kier molecular flexibility index (Phi) is 8.97. The van der Waals surface area contributed by atoms with Crippen LogP contribution in [0.5, 0.6) is 5.75 Å². The van der Waals surface area contributed by atoms with Gasteiger partial charge < -0.3 is 24.6 Å². The lowest BCUT2D eigenvalue weighted by Gasteiger charge is -2.54. The van der Waals surface area contributed by atoms with Crippen LogP contribution >= 0.6 is 11.8 Å². The summed E-state index contributed by atoms with van der Waals surface area (Å²) in [5, 5.41) is 6.24. The van der Waals surface area contributed by atoms with E-state index in [4.69, 9.17) is 9.47 Å². The first-order valence-electron chi connectivity index (χ1n) is 12.6. The second-order valence-corrected chi connectivity index (χ2v) is 10.3. The van der Waals surface area contributed by atoms with Gasteiger partial charge in [-0.25, -0.2) is 14.8 Å². The summed E-state index contributed by atoms with van der Waals surface area (Å²) in [7, 11) is 1.74. The molecule has 3 saturated heterocycles. The molecule has 1 unspecified atom stereocenters. The Hall–Kier alpha value is -2.50. The Labute approximate surface area is 217 Å². The van der Waals surface area contributed by atoms with Gasteiger partial charge in [-0.3, -0.25) is 9.59 Å². The summed E-state index contributed by atoms with van der Waals surface area (Å²) in [5.74, 6) is 1.35. The van der Waals surface area contributed by atoms with E-state index in [2.05, 4.69) is 5.32 Å². The highest BCUT2D eigenvalue weighted by Crippen LogP contribution is 2.29. The lowest BCUT2D eigenvalue weighted by atomic mass is 10.0. The maximum atomic E-state index is 13.5. The number of thioether (sulfide) groups is 1. The minimum absolute atomic E-state index is 0.000609. The molecule has 3 fully saturated rings. The summed E-state index contributed by atoms with van der Waals surface area (Å²) in [6.07, 6.45) is 3.87. The molecule has 10 nitrogen and oxygen atoms in total. The first-order chi connectivity index (χ1) is 17.4. The van der Waals surface area contributed by atoms with Crippen LogP contribution in [0.3, 0.4) is 0 Å². The quantitative estimate of drug-likeness (QED) is 0.531. The number of fused-ring (bicyclic) bond motifs is 1. The molecule has 1 aromatic rings. The molecular weight excluding hydrogens is 482 g/mol. The van der Waals surface area contributed by atoms with Gasteiger partial charge in [0.1, 0.15) is 18.0 Å². The zero-order valence-corrected chi connectivity index (χ0v) is 22.2. The molecule has 36 heavy (non-hydrogen) atoms. The number of ether oxygens (including phenoxy) is 2. The van der Waals surface area contributed by atoms with Gasteiger partial charge in [0.2, 0.25) is 11.8 Å². The van der Waals surface area contributed by atoms with Crippen molar-refractivity contribution in [1.82, 2.24) is 25.1 Å². The largest absolute Gasteiger partial charge is 0.494 e. The summed E-state index contributed by atoms with van der Waals surface area (Å²) in [6, 6.07) is 6.71. The van der Waals surface area contributed by atoms with Crippen LogP contribution in [0, 0.1) is 0 Å². The molecule has 0 spiro atoms. The highest BCUT2D eigenvalue weighted by molar-refractivity contribution is 7.98. The van der Waals surface area contributed by atoms with Gasteiger partial charge >= 0.3 is 6.03 Å². The van der Waals surface area contributed by atoms with Crippen LogP contribution in [0.1, 0.15) is 31.7 Å². The summed E-state index contributed by atoms with van der Waals surface area (Å²) < 4.78 is 11.3. The van der Waals surface area contributed by atoms with Crippen LogP contribution in [0.15, 0.2) is 24.3 Å². The fourth-order valence-corrected chi connectivity index (χ4v) is 5.60. The van der Waals surface area contributed by atoms with Crippen molar-refractivity contribution in [2.45, 2.75) is 51.0 Å². The molecule has 11 heteroatoms. The van der Waals surface area contributed by atoms with Crippen molar-refractivity contribution >= 4 is 29.6 Å². The summed E-state index contributed by atoms with van der Waals surface area (Å²) >= 11 is 1.64. The number of hydrogen-bond acceptors (Lipinski definition) is 7. The van der Waals surface area contributed by atoms with Crippen molar-refractivity contribution in [1.29, 1.82) is 0 Å². The van der Waals surface area contributed by atoms with Crippen molar-refractivity contribution in [2.75, 3.05) is 51.9 Å². The number of nitrogens with zero attached hydrogens (tertiary/aromatic N) is 4. The number of nitrogens with one attached hydrogen (secondary N) is 1. The molecule has 198 valence electrons. The molecule has 0 saturated carbocycles. The fourth-order valence-electron chi connectivity index (χ4n) is 5.14. The Morgan fingerprint density at radius 2 is 2.03 bits per heavy atom. The normalized spacial score (nSPS) is 24.8. The number of likely N-dealkylation sites (N-methyl/N-ethyl adjacent to an activating group) is 1. The van der Waals surface area contributed by atoms with Crippen LogP contribution in [0.2, 0.25) is 0 Å². The highest BCUT2D eigenvalue weighted by atomic mass is 32.2. The van der Waals surface area contributed by atoms with Crippen LogP contribution in [-0.2, 0) is 20.9 Å². The van der Waals surface area contributed by atoms with Gasteiger partial charge in [0.15, 0.2) is 0 Å². The van der Waals surface area contributed by atoms with Crippen LogP contribution in [-0.4, -0.2) is 108 Å². The fraction of sp³-hybridized carbons (Fsp3) is 0.640. The van der Waals surface area contributed by atoms with Crippen LogP contribution < -0.4 is 10.1 Å². The topological polar surface area (TPSA) is 94.7 Å². The molecule has 3 atom stereocenters. The molecule has 0 bridgehead atoms. The lowest BCUT2D eigenvalue weighted by molar-refractivity contribution is -0.188. The minimum atomic E-state index is -0.583. The number of rotatable bonds is 9. The molecule has 1 aromatic carbocycles. The van der Waals surface area contributed by atoms with E-state index in [0.29, 0.717) is 32.7 Å². The average Bonchev–Trinajstić information content (AvgIpc) is 3.37. The number of benzene rings is 1. The SMILES string of the molecule is CCOc1ccc(CNC(=O)N2[C@H]3CN(CC4CCCO4)C(=O)[C@H](CCSC)N3C(=O)CN2C)cc1. The van der Waals surface area contributed by atoms with E-state index >= 15 is 0 Å². The van der Waals surface area contributed by atoms with Crippen molar-refractivity contribution in [2.24, 2.45) is 0 Å². The van der Waals surface area contributed by atoms with Crippen LogP contribution in [0.4, 0.5) is 4.79 Å². The first-order valence-corrected chi connectivity index (χ1v) is 14.0. The van der Waals surface area contributed by atoms with Gasteiger partial charge in [-0.15, -0.1) is 0 Å². The highest BCUT2D eigenvalue weighted by Gasteiger charge is 2.50. The molecular formula is C25H37N5O5S. The van der Waals surface area contributed by atoms with E-state index in [1.54, 1.807) is 38.6 Å². The van der Waals surface area contributed by atoms with Gasteiger partial charge in [0, 0.05) is 26.7 Å². The Balaban J connectivity index is 1.51. The molecule has 4 rings (SSSR count). The van der Waals surface area contributed by atoms with E-state index in [1.165, 1.54) is 0 Å². The van der Waals surface area contributed by atoms with Crippen molar-refractivity contribution < 1.29 is 23.9 Å². The molecule has 4 amide bonds. The summed E-state index contributed by atoms with van der Waals surface area (Å²) in [5.41, 5.74) is 0.941. The Morgan fingerprint density at radius 1 is 1.25 bits per heavy atom. The third kappa shape index (κ3) is 5.90. The monoisotopic (exact) mass is 519 g/mol. The van der Waals surface area contributed by atoms with Gasteiger partial charge in [-0.05, 0) is 55.9 Å². The van der Waals surface area contributed by atoms with E-state index in [0.717, 1.165) is 29.9 Å². The molecule has 0 aliphatic carbocycles. The minimum Gasteiger partial charge on any atom is -0.494 e. The Morgan fingerprint density at radius 3 is 2.69 bits per heavy atom. The average molecular weight is 520 g/mol. The molecule has 3 heterocycles. The maximum Gasteiger partial charge on any atom is 0.334 e. The maximum absolute atomic E-state index is 13.5. The van der Waals surface area contributed by atoms with E-state index in [1.807, 2.05) is 37.4 Å². The van der Waals surface area contributed by atoms with E-state index in [-0.39, 0.29) is 37.0 Å². The number of carbonyl (C=O) groups is 3. The molecule has 0 aromatic heterocycles. The van der Waals surface area contributed by atoms with Crippen molar-refractivity contribution in [3.8, 4) is 5.75 Å². The zero-order valence-electron chi connectivity index (χ0n) is 21.4. The number of piperazine rings is 1. The number of hydrogen-bond donors (Lipinski definition) is 1. The third-order valence-electron chi connectivity index (χ3n) is 6.87. The van der Waals surface area contributed by atoms with Crippen molar-refractivity contribution in [3.05, 3.63) is 29.8 Å². The summed E-state index contributed by atoms with van der Waals surface area (Å²) in [6.45, 7) is 4.37. The van der Waals surface area contributed by atoms with Crippen LogP contribution in [0.25, 0.3) is 0 Å². The summed E-state index contributed by atoms with van der Waals surface area (Å²) in [4.78, 5) is 43.5. The lowest BCUT2D eigenvalue weighted by Crippen LogP contribution is -2.76. The number of carbonyl (C=O) groups excluding carboxylic acids is 3. The Bertz CT molecular complexity index is 926. The molecule has 1 N–H and O–H groups in total. The second kappa shape index (κ2) is 12.2. The van der Waals surface area contributed by atoms with Gasteiger partial charge in [0.05, 0.1) is 25.8 Å². The van der Waals surface area contributed by atoms with Gasteiger partial charge in [0.25, 0.3) is 0 Å². The second-order valence-electron chi connectivity index (χ2n) is 9.35. The number of hydrazine groups is 1. The molecule has 3 aliphatic heterocycles. The number of amides is 4. The molecule has 3 aliphatic rings. The predicted molar refractivity (Wildman–Crippen MR) is 137 cm³/mol. The van der Waals surface area contributed by atoms with Gasteiger partial charge in [-0.1, -0.05) is 12.1 Å². The molecule has 0 radical (unpaired) electrons. The van der Waals surface area contributed by atoms with E-state index < -0.39 is 12.2 Å². The van der Waals surface area contributed by atoms with Gasteiger partial charge in [-0.2, -0.15) is 11.8 Å². The standard InChI is InChI=1S/C25H37N5O5S/c1-4-34-19-9-7-18(8-10-19)14-26-25(33)30-22-16-28(15-20-6-5-12-35-20)24(32)21(11-13-36-3)29(22)23(31)17-27(30)2/h7-10,20-22H,4-6,11-17H2,1-3H3,(H,26,33)/t20?,21-,22-/m0/s1. The van der Waals surface area contributed by atoms with E-state index in [9.17, 15) is 14.4 Å². The third-order valence-corrected chi connectivity index (χ3v) is 7.51. The zero-order chi connectivity index (χ0) is 25.7. The predicted octanol–water partition coefficient (Wildman–Crippen LogP) is 1.75. The smallest absolute Gasteiger partial charge is 0.334 e. The first kappa shape index (κ1) is 26.6.